The maximum absolute atomic E-state index is 5.27. The second-order valence-electron chi connectivity index (χ2n) is 3.46. The normalized spacial score (nSPS) is 10.3. The maximum atomic E-state index is 5.27. The predicted octanol–water partition coefficient (Wildman–Crippen LogP) is 2.48. The van der Waals surface area contributed by atoms with Crippen LogP contribution in [0, 0.1) is 0 Å². The summed E-state index contributed by atoms with van der Waals surface area (Å²) < 4.78 is 11.1. The van der Waals surface area contributed by atoms with Crippen LogP contribution in [0.15, 0.2) is 33.5 Å². The third-order valence-electron chi connectivity index (χ3n) is 2.21. The van der Waals surface area contributed by atoms with Crippen molar-refractivity contribution >= 4 is 21.9 Å². The molecular formula is C11H12BrN3O2. The van der Waals surface area contributed by atoms with E-state index < -0.39 is 0 Å². The number of anilines is 1. The number of methoxy groups -OCH3 is 1. The van der Waals surface area contributed by atoms with Crippen LogP contribution in [0.1, 0.15) is 5.76 Å². The van der Waals surface area contributed by atoms with E-state index in [0.717, 1.165) is 10.2 Å². The van der Waals surface area contributed by atoms with Crippen LogP contribution in [0.3, 0.4) is 0 Å². The summed E-state index contributed by atoms with van der Waals surface area (Å²) in [6.07, 6.45) is 3.31. The minimum Gasteiger partial charge on any atom is -0.480 e. The molecule has 0 saturated heterocycles. The van der Waals surface area contributed by atoms with Gasteiger partial charge in [-0.05, 0) is 28.1 Å². The van der Waals surface area contributed by atoms with Crippen LogP contribution < -0.4 is 9.64 Å². The number of nitrogens with zero attached hydrogens (tertiary/aromatic N) is 3. The van der Waals surface area contributed by atoms with Gasteiger partial charge in [-0.25, -0.2) is 4.98 Å². The van der Waals surface area contributed by atoms with Gasteiger partial charge in [0.1, 0.15) is 5.76 Å². The smallest absolute Gasteiger partial charge is 0.232 e. The summed E-state index contributed by atoms with van der Waals surface area (Å²) in [4.78, 5) is 10.4. The molecule has 90 valence electrons. The molecule has 2 aromatic rings. The number of furan rings is 1. The van der Waals surface area contributed by atoms with E-state index in [-0.39, 0.29) is 0 Å². The van der Waals surface area contributed by atoms with E-state index in [2.05, 4.69) is 25.9 Å². The van der Waals surface area contributed by atoms with Gasteiger partial charge >= 0.3 is 0 Å². The SMILES string of the molecule is COc1nc(N(C)Cc2ccco2)ncc1Br. The van der Waals surface area contributed by atoms with Crippen molar-refractivity contribution in [1.82, 2.24) is 9.97 Å². The first-order valence-electron chi connectivity index (χ1n) is 5.00. The second kappa shape index (κ2) is 5.18. The first-order valence-corrected chi connectivity index (χ1v) is 5.80. The van der Waals surface area contributed by atoms with E-state index in [0.29, 0.717) is 18.4 Å². The molecule has 0 aromatic carbocycles. The molecule has 5 nitrogen and oxygen atoms in total. The number of rotatable bonds is 4. The minimum atomic E-state index is 0.515. The highest BCUT2D eigenvalue weighted by atomic mass is 79.9. The molecule has 0 spiro atoms. The lowest BCUT2D eigenvalue weighted by Gasteiger charge is -2.16. The zero-order valence-electron chi connectivity index (χ0n) is 9.55. The van der Waals surface area contributed by atoms with Gasteiger partial charge in [-0.1, -0.05) is 0 Å². The molecule has 0 atom stereocenters. The lowest BCUT2D eigenvalue weighted by atomic mass is 10.4. The van der Waals surface area contributed by atoms with Gasteiger partial charge in [-0.3, -0.25) is 0 Å². The molecule has 0 N–H and O–H groups in total. The van der Waals surface area contributed by atoms with E-state index in [4.69, 9.17) is 9.15 Å². The summed E-state index contributed by atoms with van der Waals surface area (Å²) in [5, 5.41) is 0. The van der Waals surface area contributed by atoms with E-state index in [1.807, 2.05) is 24.1 Å². The molecule has 0 saturated carbocycles. The molecule has 0 radical (unpaired) electrons. The molecule has 0 aliphatic carbocycles. The van der Waals surface area contributed by atoms with Crippen molar-refractivity contribution in [2.75, 3.05) is 19.1 Å². The molecule has 2 rings (SSSR count). The number of hydrogen-bond donors (Lipinski definition) is 0. The van der Waals surface area contributed by atoms with Crippen molar-refractivity contribution in [2.24, 2.45) is 0 Å². The van der Waals surface area contributed by atoms with Crippen molar-refractivity contribution in [1.29, 1.82) is 0 Å². The Kier molecular flexibility index (Phi) is 3.63. The third kappa shape index (κ3) is 2.76. The van der Waals surface area contributed by atoms with E-state index in [1.54, 1.807) is 19.6 Å². The molecule has 2 aromatic heterocycles. The molecule has 0 bridgehead atoms. The molecule has 0 unspecified atom stereocenters. The van der Waals surface area contributed by atoms with Crippen LogP contribution in [-0.2, 0) is 6.54 Å². The molecule has 0 amide bonds. The Labute approximate surface area is 108 Å². The molecule has 0 aliphatic heterocycles. The monoisotopic (exact) mass is 297 g/mol. The number of ether oxygens (including phenoxy) is 1. The molecule has 6 heteroatoms. The summed E-state index contributed by atoms with van der Waals surface area (Å²) in [6.45, 7) is 0.609. The van der Waals surface area contributed by atoms with Gasteiger partial charge in [-0.15, -0.1) is 0 Å². The quantitative estimate of drug-likeness (QED) is 0.868. The average molecular weight is 298 g/mol. The molecule has 17 heavy (non-hydrogen) atoms. The number of halogens is 1. The molecule has 0 fully saturated rings. The van der Waals surface area contributed by atoms with Crippen LogP contribution >= 0.6 is 15.9 Å². The first-order chi connectivity index (χ1) is 8.20. The van der Waals surface area contributed by atoms with Gasteiger partial charge in [0.15, 0.2) is 0 Å². The van der Waals surface area contributed by atoms with E-state index >= 15 is 0 Å². The highest BCUT2D eigenvalue weighted by molar-refractivity contribution is 9.10. The Bertz CT molecular complexity index is 487. The average Bonchev–Trinajstić information content (AvgIpc) is 2.82. The van der Waals surface area contributed by atoms with Crippen LogP contribution in [-0.4, -0.2) is 24.1 Å². The van der Waals surface area contributed by atoms with Crippen molar-refractivity contribution in [3.05, 3.63) is 34.8 Å². The van der Waals surface area contributed by atoms with Crippen molar-refractivity contribution < 1.29 is 9.15 Å². The van der Waals surface area contributed by atoms with Gasteiger partial charge < -0.3 is 14.1 Å². The maximum Gasteiger partial charge on any atom is 0.232 e. The van der Waals surface area contributed by atoms with Crippen molar-refractivity contribution in [3.63, 3.8) is 0 Å². The molecule has 2 heterocycles. The van der Waals surface area contributed by atoms with E-state index in [9.17, 15) is 0 Å². The van der Waals surface area contributed by atoms with Crippen molar-refractivity contribution in [3.8, 4) is 5.88 Å². The molecular weight excluding hydrogens is 286 g/mol. The molecule has 0 aliphatic rings. The number of hydrogen-bond acceptors (Lipinski definition) is 5. The van der Waals surface area contributed by atoms with Gasteiger partial charge in [0, 0.05) is 7.05 Å². The van der Waals surface area contributed by atoms with Gasteiger partial charge in [0.2, 0.25) is 11.8 Å². The fourth-order valence-electron chi connectivity index (χ4n) is 1.38. The second-order valence-corrected chi connectivity index (χ2v) is 4.32. The Morgan fingerprint density at radius 3 is 3.00 bits per heavy atom. The fourth-order valence-corrected chi connectivity index (χ4v) is 1.73. The van der Waals surface area contributed by atoms with Crippen LogP contribution in [0.4, 0.5) is 5.95 Å². The summed E-state index contributed by atoms with van der Waals surface area (Å²) in [5.74, 6) is 1.96. The lowest BCUT2D eigenvalue weighted by Crippen LogP contribution is -2.18. The minimum absolute atomic E-state index is 0.515. The highest BCUT2D eigenvalue weighted by Crippen LogP contribution is 2.23. The van der Waals surface area contributed by atoms with Gasteiger partial charge in [0.05, 0.1) is 30.6 Å². The highest BCUT2D eigenvalue weighted by Gasteiger charge is 2.10. The summed E-state index contributed by atoms with van der Waals surface area (Å²) in [7, 11) is 3.47. The Hall–Kier alpha value is -1.56. The first kappa shape index (κ1) is 11.9. The van der Waals surface area contributed by atoms with Gasteiger partial charge in [0.25, 0.3) is 0 Å². The number of aromatic nitrogens is 2. The zero-order valence-corrected chi connectivity index (χ0v) is 11.1. The van der Waals surface area contributed by atoms with Crippen molar-refractivity contribution in [2.45, 2.75) is 6.54 Å². The summed E-state index contributed by atoms with van der Waals surface area (Å²) in [5.41, 5.74) is 0. The Morgan fingerprint density at radius 1 is 1.53 bits per heavy atom. The van der Waals surface area contributed by atoms with Crippen LogP contribution in [0.2, 0.25) is 0 Å². The van der Waals surface area contributed by atoms with Gasteiger partial charge in [-0.2, -0.15) is 4.98 Å². The topological polar surface area (TPSA) is 51.4 Å². The summed E-state index contributed by atoms with van der Waals surface area (Å²) in [6, 6.07) is 3.76. The fraction of sp³-hybridized carbons (Fsp3) is 0.273. The predicted molar refractivity (Wildman–Crippen MR) is 67.1 cm³/mol. The summed E-state index contributed by atoms with van der Waals surface area (Å²) >= 11 is 3.31. The Morgan fingerprint density at radius 2 is 2.35 bits per heavy atom. The van der Waals surface area contributed by atoms with Crippen LogP contribution in [0.5, 0.6) is 5.88 Å². The Balaban J connectivity index is 2.16. The lowest BCUT2D eigenvalue weighted by molar-refractivity contribution is 0.393. The third-order valence-corrected chi connectivity index (χ3v) is 2.75. The standard InChI is InChI=1S/C11H12BrN3O2/c1-15(7-8-4-3-5-17-8)11-13-6-9(12)10(14-11)16-2/h3-6H,7H2,1-2H3. The van der Waals surface area contributed by atoms with E-state index in [1.165, 1.54) is 0 Å². The van der Waals surface area contributed by atoms with Crippen LogP contribution in [0.25, 0.3) is 0 Å². The largest absolute Gasteiger partial charge is 0.480 e. The zero-order chi connectivity index (χ0) is 12.3.